The molecule has 2 atom stereocenters. The highest BCUT2D eigenvalue weighted by atomic mass is 79.9. The predicted molar refractivity (Wildman–Crippen MR) is 59.8 cm³/mol. The molecule has 0 aromatic heterocycles. The number of alkyl halides is 3. The fourth-order valence-electron chi connectivity index (χ4n) is 2.10. The molecule has 0 N–H and O–H groups in total. The zero-order valence-corrected chi connectivity index (χ0v) is 11.1. The number of rotatable bonds is 3. The molecular weight excluding hydrogens is 319 g/mol. The molecule has 3 aliphatic rings. The van der Waals surface area contributed by atoms with Gasteiger partial charge in [0.2, 0.25) is 0 Å². The molecule has 2 unspecified atom stereocenters. The first-order valence-electron chi connectivity index (χ1n) is 4.68. The molecule has 13 heavy (non-hydrogen) atoms. The van der Waals surface area contributed by atoms with Gasteiger partial charge < -0.3 is 4.74 Å². The lowest BCUT2D eigenvalue weighted by atomic mass is 9.97. The average molecular weight is 330 g/mol. The van der Waals surface area contributed by atoms with Crippen LogP contribution in [0.4, 0.5) is 0 Å². The zero-order chi connectivity index (χ0) is 9.32. The molecule has 74 valence electrons. The minimum Gasteiger partial charge on any atom is -0.368 e. The second kappa shape index (κ2) is 2.47. The Balaban J connectivity index is 1.67. The summed E-state index contributed by atoms with van der Waals surface area (Å²) in [6.45, 7) is 0.878. The first-order chi connectivity index (χ1) is 5.98. The van der Waals surface area contributed by atoms with Gasteiger partial charge in [-0.05, 0) is 31.6 Å². The standard InChI is InChI=1S/C9H11Br2ClO/c10-9(11)4-6(9)3-8(5-13-8)7(12)1-2-7/h6H,1-5H2. The Kier molecular flexibility index (Phi) is 1.80. The quantitative estimate of drug-likeness (QED) is 0.571. The maximum absolute atomic E-state index is 6.41. The minimum absolute atomic E-state index is 0.00563. The van der Waals surface area contributed by atoms with Gasteiger partial charge >= 0.3 is 0 Å². The topological polar surface area (TPSA) is 12.5 Å². The fourth-order valence-corrected chi connectivity index (χ4v) is 3.49. The third-order valence-electron chi connectivity index (χ3n) is 3.53. The van der Waals surface area contributed by atoms with E-state index in [1.54, 1.807) is 0 Å². The summed E-state index contributed by atoms with van der Waals surface area (Å²) in [5, 5.41) is 0. The number of epoxide rings is 1. The highest BCUT2D eigenvalue weighted by Gasteiger charge is 2.69. The molecule has 4 heteroatoms. The van der Waals surface area contributed by atoms with Crippen molar-refractivity contribution in [1.29, 1.82) is 0 Å². The van der Waals surface area contributed by atoms with Crippen LogP contribution in [-0.2, 0) is 4.74 Å². The summed E-state index contributed by atoms with van der Waals surface area (Å²) >= 11 is 13.7. The molecule has 2 saturated carbocycles. The molecule has 0 spiro atoms. The van der Waals surface area contributed by atoms with Crippen LogP contribution in [0.5, 0.6) is 0 Å². The van der Waals surface area contributed by atoms with E-state index >= 15 is 0 Å². The molecule has 1 nitrogen and oxygen atoms in total. The largest absolute Gasteiger partial charge is 0.368 e. The molecule has 0 bridgehead atoms. The number of hydrogen-bond donors (Lipinski definition) is 0. The Bertz CT molecular complexity index is 258. The average Bonchev–Trinajstić information content (AvgIpc) is 2.83. The summed E-state index contributed by atoms with van der Waals surface area (Å²) in [6, 6.07) is 0. The Morgan fingerprint density at radius 2 is 1.92 bits per heavy atom. The monoisotopic (exact) mass is 328 g/mol. The van der Waals surface area contributed by atoms with Crippen molar-refractivity contribution in [3.05, 3.63) is 0 Å². The van der Waals surface area contributed by atoms with Gasteiger partial charge in [0.15, 0.2) is 0 Å². The van der Waals surface area contributed by atoms with Gasteiger partial charge in [-0.15, -0.1) is 11.6 Å². The zero-order valence-electron chi connectivity index (χ0n) is 7.16. The van der Waals surface area contributed by atoms with Crippen LogP contribution in [0.15, 0.2) is 0 Å². The molecule has 0 radical (unpaired) electrons. The van der Waals surface area contributed by atoms with Crippen molar-refractivity contribution < 1.29 is 4.74 Å². The Labute approximate surface area is 99.8 Å². The first kappa shape index (κ1) is 9.44. The van der Waals surface area contributed by atoms with E-state index in [9.17, 15) is 0 Å². The minimum atomic E-state index is 0.00563. The number of halogens is 3. The maximum Gasteiger partial charge on any atom is 0.111 e. The third kappa shape index (κ3) is 1.42. The van der Waals surface area contributed by atoms with E-state index in [-0.39, 0.29) is 13.7 Å². The van der Waals surface area contributed by atoms with Gasteiger partial charge in [0, 0.05) is 0 Å². The van der Waals surface area contributed by atoms with E-state index in [1.807, 2.05) is 0 Å². The molecule has 3 rings (SSSR count). The number of ether oxygens (including phenoxy) is 1. The molecule has 1 saturated heterocycles. The van der Waals surface area contributed by atoms with Crippen LogP contribution in [0.3, 0.4) is 0 Å². The molecular formula is C9H11Br2ClO. The van der Waals surface area contributed by atoms with Crippen LogP contribution < -0.4 is 0 Å². The summed E-state index contributed by atoms with van der Waals surface area (Å²) in [6.07, 6.45) is 4.59. The van der Waals surface area contributed by atoms with Crippen LogP contribution in [0.25, 0.3) is 0 Å². The van der Waals surface area contributed by atoms with Crippen LogP contribution in [-0.4, -0.2) is 20.3 Å². The van der Waals surface area contributed by atoms with Crippen LogP contribution in [0.1, 0.15) is 25.7 Å². The maximum atomic E-state index is 6.41. The third-order valence-corrected chi connectivity index (χ3v) is 6.19. The normalized spacial score (nSPS) is 48.7. The SMILES string of the molecule is ClC1(C2(CC3CC3(Br)Br)CO2)CC1. The van der Waals surface area contributed by atoms with E-state index < -0.39 is 0 Å². The lowest BCUT2D eigenvalue weighted by Crippen LogP contribution is -2.28. The Hall–Kier alpha value is 1.21. The van der Waals surface area contributed by atoms with Gasteiger partial charge in [0.05, 0.1) is 14.7 Å². The van der Waals surface area contributed by atoms with Gasteiger partial charge in [0.1, 0.15) is 5.60 Å². The van der Waals surface area contributed by atoms with E-state index in [0.29, 0.717) is 5.92 Å². The molecule has 0 aromatic rings. The van der Waals surface area contributed by atoms with Crippen molar-refractivity contribution in [2.24, 2.45) is 5.92 Å². The van der Waals surface area contributed by atoms with Crippen molar-refractivity contribution in [3.63, 3.8) is 0 Å². The fraction of sp³-hybridized carbons (Fsp3) is 1.00. The van der Waals surface area contributed by atoms with E-state index in [4.69, 9.17) is 16.3 Å². The Morgan fingerprint density at radius 1 is 1.38 bits per heavy atom. The molecule has 1 aliphatic heterocycles. The smallest absolute Gasteiger partial charge is 0.111 e. The summed E-state index contributed by atoms with van der Waals surface area (Å²) in [7, 11) is 0. The second-order valence-electron chi connectivity index (χ2n) is 4.61. The van der Waals surface area contributed by atoms with E-state index in [0.717, 1.165) is 25.9 Å². The van der Waals surface area contributed by atoms with Gasteiger partial charge in [0.25, 0.3) is 0 Å². The molecule has 0 aromatic carbocycles. The summed E-state index contributed by atoms with van der Waals surface area (Å²) < 4.78 is 5.79. The second-order valence-corrected chi connectivity index (χ2v) is 9.23. The summed E-state index contributed by atoms with van der Waals surface area (Å²) in [5.41, 5.74) is 0.0442. The van der Waals surface area contributed by atoms with E-state index in [2.05, 4.69) is 31.9 Å². The van der Waals surface area contributed by atoms with Gasteiger partial charge in [-0.2, -0.15) is 0 Å². The molecule has 3 fully saturated rings. The van der Waals surface area contributed by atoms with Crippen molar-refractivity contribution in [1.82, 2.24) is 0 Å². The highest BCUT2D eigenvalue weighted by Crippen LogP contribution is 2.66. The van der Waals surface area contributed by atoms with Crippen molar-refractivity contribution in [2.45, 2.75) is 39.4 Å². The van der Waals surface area contributed by atoms with Crippen LogP contribution in [0.2, 0.25) is 0 Å². The highest BCUT2D eigenvalue weighted by molar-refractivity contribution is 9.25. The number of hydrogen-bond acceptors (Lipinski definition) is 1. The van der Waals surface area contributed by atoms with Crippen LogP contribution in [0, 0.1) is 5.92 Å². The first-order valence-corrected chi connectivity index (χ1v) is 6.65. The molecule has 0 amide bonds. The molecule has 1 heterocycles. The van der Waals surface area contributed by atoms with Crippen LogP contribution >= 0.6 is 43.5 Å². The van der Waals surface area contributed by atoms with Gasteiger partial charge in [-0.3, -0.25) is 0 Å². The lowest BCUT2D eigenvalue weighted by Gasteiger charge is -2.17. The Morgan fingerprint density at radius 3 is 2.23 bits per heavy atom. The van der Waals surface area contributed by atoms with Gasteiger partial charge in [-0.1, -0.05) is 31.9 Å². The lowest BCUT2D eigenvalue weighted by molar-refractivity contribution is 0.261. The summed E-state index contributed by atoms with van der Waals surface area (Å²) in [5.74, 6) is 0.700. The predicted octanol–water partition coefficient (Wildman–Crippen LogP) is 3.42. The molecule has 2 aliphatic carbocycles. The van der Waals surface area contributed by atoms with Crippen molar-refractivity contribution in [3.8, 4) is 0 Å². The summed E-state index contributed by atoms with van der Waals surface area (Å²) in [4.78, 5) is 0.00563. The van der Waals surface area contributed by atoms with E-state index in [1.165, 1.54) is 6.42 Å². The van der Waals surface area contributed by atoms with Crippen molar-refractivity contribution in [2.75, 3.05) is 6.61 Å². The van der Waals surface area contributed by atoms with Gasteiger partial charge in [-0.25, -0.2) is 0 Å². The van der Waals surface area contributed by atoms with Crippen molar-refractivity contribution >= 4 is 43.5 Å².